The van der Waals surface area contributed by atoms with Gasteiger partial charge in [-0.25, -0.2) is 13.8 Å². The molecule has 0 aliphatic rings. The number of rotatable bonds is 1. The second-order valence-corrected chi connectivity index (χ2v) is 3.91. The number of hydrogen-bond donors (Lipinski definition) is 1. The molecule has 2 rings (SSSR count). The molecule has 1 aromatic carbocycles. The number of H-pyrrole nitrogens is 1. The molecule has 0 bridgehead atoms. The highest BCUT2D eigenvalue weighted by Crippen LogP contribution is 2.14. The van der Waals surface area contributed by atoms with E-state index in [0.717, 1.165) is 10.6 Å². The second kappa shape index (κ2) is 4.18. The van der Waals surface area contributed by atoms with Crippen LogP contribution in [-0.2, 0) is 0 Å². The third-order valence-electron chi connectivity index (χ3n) is 2.31. The average molecular weight is 255 g/mol. The van der Waals surface area contributed by atoms with Crippen LogP contribution in [0, 0.1) is 12.7 Å². The lowest BCUT2D eigenvalue weighted by Crippen LogP contribution is -2.34. The third kappa shape index (κ3) is 2.01. The first kappa shape index (κ1) is 11.6. The number of benzene rings is 1. The zero-order chi connectivity index (χ0) is 12.6. The van der Waals surface area contributed by atoms with Crippen molar-refractivity contribution in [2.75, 3.05) is 0 Å². The van der Waals surface area contributed by atoms with Gasteiger partial charge in [-0.2, -0.15) is 0 Å². The van der Waals surface area contributed by atoms with E-state index in [1.165, 1.54) is 12.1 Å². The van der Waals surface area contributed by atoms with Gasteiger partial charge in [0.1, 0.15) is 11.0 Å². The topological polar surface area (TPSA) is 54.9 Å². The summed E-state index contributed by atoms with van der Waals surface area (Å²) in [4.78, 5) is 25.5. The number of aromatic nitrogens is 2. The summed E-state index contributed by atoms with van der Waals surface area (Å²) in [6.45, 7) is 1.61. The van der Waals surface area contributed by atoms with Gasteiger partial charge in [-0.1, -0.05) is 23.7 Å². The Morgan fingerprint density at radius 2 is 2.06 bits per heavy atom. The van der Waals surface area contributed by atoms with Gasteiger partial charge in [-0.3, -0.25) is 9.78 Å². The highest BCUT2D eigenvalue weighted by atomic mass is 35.5. The molecular weight excluding hydrogens is 247 g/mol. The molecule has 88 valence electrons. The Kier molecular flexibility index (Phi) is 2.85. The van der Waals surface area contributed by atoms with Crippen molar-refractivity contribution >= 4 is 11.6 Å². The minimum Gasteiger partial charge on any atom is -0.297 e. The number of para-hydroxylation sites is 1. The number of aryl methyl sites for hydroxylation is 1. The summed E-state index contributed by atoms with van der Waals surface area (Å²) in [5, 5.41) is -0.0785. The lowest BCUT2D eigenvalue weighted by Gasteiger charge is -2.08. The molecule has 0 saturated heterocycles. The van der Waals surface area contributed by atoms with Crippen molar-refractivity contribution in [3.8, 4) is 5.69 Å². The fourth-order valence-electron chi connectivity index (χ4n) is 1.59. The first-order valence-corrected chi connectivity index (χ1v) is 5.16. The van der Waals surface area contributed by atoms with Gasteiger partial charge in [0.05, 0.1) is 5.69 Å². The molecule has 0 atom stereocenters. The molecule has 17 heavy (non-hydrogen) atoms. The molecule has 1 heterocycles. The Hall–Kier alpha value is -1.88. The summed E-state index contributed by atoms with van der Waals surface area (Å²) >= 11 is 5.53. The molecule has 0 fully saturated rings. The van der Waals surface area contributed by atoms with Gasteiger partial charge in [0.15, 0.2) is 0 Å². The first-order valence-electron chi connectivity index (χ1n) is 4.78. The van der Waals surface area contributed by atoms with Gasteiger partial charge in [-0.05, 0) is 18.6 Å². The predicted octanol–water partition coefficient (Wildman–Crippen LogP) is 1.63. The van der Waals surface area contributed by atoms with Crippen LogP contribution in [0.25, 0.3) is 5.69 Å². The Balaban J connectivity index is 2.88. The molecule has 0 amide bonds. The minimum atomic E-state index is -0.768. The van der Waals surface area contributed by atoms with Crippen LogP contribution in [0.15, 0.2) is 33.9 Å². The molecule has 2 aromatic rings. The molecule has 0 aliphatic carbocycles. The monoisotopic (exact) mass is 254 g/mol. The highest BCUT2D eigenvalue weighted by Gasteiger charge is 2.12. The first-order chi connectivity index (χ1) is 8.00. The van der Waals surface area contributed by atoms with Crippen LogP contribution < -0.4 is 11.2 Å². The van der Waals surface area contributed by atoms with Gasteiger partial charge in [0.25, 0.3) is 5.56 Å². The fourth-order valence-corrected chi connectivity index (χ4v) is 1.76. The van der Waals surface area contributed by atoms with Crippen LogP contribution in [0.5, 0.6) is 0 Å². The van der Waals surface area contributed by atoms with E-state index >= 15 is 0 Å². The molecule has 4 nitrogen and oxygen atoms in total. The van der Waals surface area contributed by atoms with Crippen molar-refractivity contribution in [3.05, 3.63) is 61.6 Å². The van der Waals surface area contributed by atoms with Crippen molar-refractivity contribution in [1.82, 2.24) is 9.55 Å². The van der Waals surface area contributed by atoms with Gasteiger partial charge in [0, 0.05) is 6.07 Å². The van der Waals surface area contributed by atoms with Crippen molar-refractivity contribution in [2.45, 2.75) is 6.92 Å². The van der Waals surface area contributed by atoms with Crippen molar-refractivity contribution in [2.24, 2.45) is 0 Å². The normalized spacial score (nSPS) is 10.5. The van der Waals surface area contributed by atoms with E-state index in [1.807, 2.05) is 0 Å². The zero-order valence-corrected chi connectivity index (χ0v) is 9.58. The van der Waals surface area contributed by atoms with Crippen LogP contribution in [0.1, 0.15) is 5.56 Å². The summed E-state index contributed by atoms with van der Waals surface area (Å²) in [6.07, 6.45) is 0. The van der Waals surface area contributed by atoms with Crippen LogP contribution in [-0.4, -0.2) is 9.55 Å². The van der Waals surface area contributed by atoms with E-state index < -0.39 is 17.1 Å². The van der Waals surface area contributed by atoms with Gasteiger partial charge in [-0.15, -0.1) is 0 Å². The highest BCUT2D eigenvalue weighted by molar-refractivity contribution is 6.29. The molecule has 1 N–H and O–H groups in total. The van der Waals surface area contributed by atoms with Crippen molar-refractivity contribution in [3.63, 3.8) is 0 Å². The van der Waals surface area contributed by atoms with Crippen molar-refractivity contribution < 1.29 is 4.39 Å². The van der Waals surface area contributed by atoms with Crippen molar-refractivity contribution in [1.29, 1.82) is 0 Å². The molecule has 0 aliphatic heterocycles. The summed E-state index contributed by atoms with van der Waals surface area (Å²) < 4.78 is 14.4. The maximum Gasteiger partial charge on any atom is 0.334 e. The van der Waals surface area contributed by atoms with Crippen LogP contribution in [0.3, 0.4) is 0 Å². The minimum absolute atomic E-state index is 0.0598. The Morgan fingerprint density at radius 1 is 1.35 bits per heavy atom. The fraction of sp³-hybridized carbons (Fsp3) is 0.0909. The third-order valence-corrected chi connectivity index (χ3v) is 2.52. The molecule has 0 unspecified atom stereocenters. The predicted molar refractivity (Wildman–Crippen MR) is 62.4 cm³/mol. The van der Waals surface area contributed by atoms with Crippen LogP contribution in [0.2, 0.25) is 5.15 Å². The Morgan fingerprint density at radius 3 is 2.65 bits per heavy atom. The number of aromatic amines is 1. The number of nitrogens with zero attached hydrogens (tertiary/aromatic N) is 1. The summed E-state index contributed by atoms with van der Waals surface area (Å²) in [5.41, 5.74) is -1.02. The molecule has 0 radical (unpaired) electrons. The Bertz CT molecular complexity index is 639. The Labute approximate surface area is 100 Å². The molecular formula is C11H8ClFN2O2. The summed E-state index contributed by atoms with van der Waals surface area (Å²) in [7, 11) is 0. The maximum absolute atomic E-state index is 13.7. The number of halogens is 2. The van der Waals surface area contributed by atoms with Crippen LogP contribution >= 0.6 is 11.6 Å². The quantitative estimate of drug-likeness (QED) is 0.787. The number of hydrogen-bond acceptors (Lipinski definition) is 2. The van der Waals surface area contributed by atoms with E-state index in [1.54, 1.807) is 13.0 Å². The SMILES string of the molecule is Cc1cccc(F)c1-n1c(=O)cc(Cl)[nH]c1=O. The smallest absolute Gasteiger partial charge is 0.297 e. The van der Waals surface area contributed by atoms with Crippen LogP contribution in [0.4, 0.5) is 4.39 Å². The standard InChI is InChI=1S/C11H8ClFN2O2/c1-6-3-2-4-7(13)10(6)15-9(16)5-8(12)14-11(15)17/h2-5H,1H3,(H,14,17). The molecule has 0 saturated carbocycles. The van der Waals surface area contributed by atoms with E-state index in [-0.39, 0.29) is 10.8 Å². The molecule has 0 spiro atoms. The lowest BCUT2D eigenvalue weighted by molar-refractivity contribution is 0.610. The molecule has 6 heteroatoms. The van der Waals surface area contributed by atoms with Gasteiger partial charge in [0.2, 0.25) is 0 Å². The van der Waals surface area contributed by atoms with E-state index in [4.69, 9.17) is 11.6 Å². The van der Waals surface area contributed by atoms with E-state index in [0.29, 0.717) is 5.56 Å². The summed E-state index contributed by atoms with van der Waals surface area (Å²) in [5.74, 6) is -0.639. The zero-order valence-electron chi connectivity index (χ0n) is 8.83. The molecule has 1 aromatic heterocycles. The van der Waals surface area contributed by atoms with E-state index in [9.17, 15) is 14.0 Å². The lowest BCUT2D eigenvalue weighted by atomic mass is 10.2. The maximum atomic E-state index is 13.7. The van der Waals surface area contributed by atoms with Gasteiger partial charge < -0.3 is 0 Å². The number of nitrogens with one attached hydrogen (secondary N) is 1. The summed E-state index contributed by atoms with van der Waals surface area (Å²) in [6, 6.07) is 5.32. The average Bonchev–Trinajstić information content (AvgIpc) is 2.21. The second-order valence-electron chi connectivity index (χ2n) is 3.50. The van der Waals surface area contributed by atoms with Gasteiger partial charge >= 0.3 is 5.69 Å². The largest absolute Gasteiger partial charge is 0.334 e. The van der Waals surface area contributed by atoms with E-state index in [2.05, 4.69) is 4.98 Å².